The molecular weight excluding hydrogens is 1800 g/mol. The van der Waals surface area contributed by atoms with Crippen LogP contribution in [-0.4, -0.2) is 166 Å². The Morgan fingerprint density at radius 3 is 0.887 bits per heavy atom. The molecule has 10 rings (SSSR count). The molecule has 0 bridgehead atoms. The fourth-order valence-electron chi connectivity index (χ4n) is 14.2. The highest BCUT2D eigenvalue weighted by Crippen LogP contribution is 2.31. The van der Waals surface area contributed by atoms with Crippen molar-refractivity contribution < 1.29 is 116 Å². The number of carbonyl (C=O) groups excluding carboxylic acids is 9. The van der Waals surface area contributed by atoms with E-state index < -0.39 is 136 Å². The number of aldehydes is 1. The van der Waals surface area contributed by atoms with Gasteiger partial charge in [-0.05, 0) is 173 Å². The van der Waals surface area contributed by atoms with Gasteiger partial charge in [0, 0.05) is 45.7 Å². The third-order valence-electron chi connectivity index (χ3n) is 20.1. The van der Waals surface area contributed by atoms with Crippen molar-refractivity contribution in [1.82, 2.24) is 20.0 Å². The molecule has 9 aromatic carbocycles. The van der Waals surface area contributed by atoms with E-state index in [1.807, 2.05) is 343 Å². The fourth-order valence-corrected chi connectivity index (χ4v) is 14.2. The number of allylic oxidation sites excluding steroid dienone is 1. The van der Waals surface area contributed by atoms with Gasteiger partial charge in [-0.3, -0.25) is 62.6 Å². The third-order valence-corrected chi connectivity index (χ3v) is 20.1. The van der Waals surface area contributed by atoms with Crippen molar-refractivity contribution in [1.29, 1.82) is 0 Å². The van der Waals surface area contributed by atoms with Gasteiger partial charge in [0.1, 0.15) is 84.3 Å². The minimum Gasteiger partial charge on any atom is -0.480 e. The van der Waals surface area contributed by atoms with Gasteiger partial charge in [-0.2, -0.15) is 0 Å². The van der Waals surface area contributed by atoms with Gasteiger partial charge in [-0.1, -0.05) is 298 Å². The number of carbonyl (C=O) groups is 11. The maximum absolute atomic E-state index is 13.8. The maximum atomic E-state index is 13.8. The summed E-state index contributed by atoms with van der Waals surface area (Å²) in [5.74, 6) is -8.57. The Bertz CT molecular complexity index is 4840. The molecule has 0 radical (unpaired) electrons. The fraction of sp³-hybridized carbons (Fsp3) is 0.402. The Morgan fingerprint density at radius 1 is 0.376 bits per heavy atom. The van der Waals surface area contributed by atoms with E-state index in [9.17, 15) is 52.7 Å². The number of carboxylic acids is 2. The van der Waals surface area contributed by atoms with E-state index >= 15 is 0 Å². The van der Waals surface area contributed by atoms with Gasteiger partial charge in [0.2, 0.25) is 0 Å². The molecule has 8 atom stereocenters. The Hall–Kier alpha value is -13.2. The van der Waals surface area contributed by atoms with Gasteiger partial charge in [0.05, 0.1) is 30.6 Å². The van der Waals surface area contributed by atoms with E-state index in [0.29, 0.717) is 58.5 Å². The van der Waals surface area contributed by atoms with E-state index in [-0.39, 0.29) is 45.5 Å². The predicted molar refractivity (Wildman–Crippen MR) is 538 cm³/mol. The minimum absolute atomic E-state index is 0.0583. The Labute approximate surface area is 830 Å². The summed E-state index contributed by atoms with van der Waals surface area (Å²) in [6, 6.07) is 82.8. The lowest BCUT2D eigenvalue weighted by Crippen LogP contribution is -2.50. The number of nitrogens with two attached hydrogens (primary N) is 1. The highest BCUT2D eigenvalue weighted by Gasteiger charge is 2.45. The van der Waals surface area contributed by atoms with Crippen molar-refractivity contribution >= 4 is 66.0 Å². The van der Waals surface area contributed by atoms with Crippen molar-refractivity contribution in [3.05, 3.63) is 336 Å². The van der Waals surface area contributed by atoms with Gasteiger partial charge in [-0.15, -0.1) is 6.58 Å². The number of benzene rings is 9. The summed E-state index contributed by atoms with van der Waals surface area (Å²) in [6.45, 7) is 38.0. The molecule has 7 N–H and O–H groups in total. The lowest BCUT2D eigenvalue weighted by Gasteiger charge is -2.35. The van der Waals surface area contributed by atoms with Crippen LogP contribution in [0.3, 0.4) is 0 Å². The molecule has 0 amide bonds. The van der Waals surface area contributed by atoms with Gasteiger partial charge < -0.3 is 64.0 Å². The summed E-state index contributed by atoms with van der Waals surface area (Å²) < 4.78 is 44.3. The van der Waals surface area contributed by atoms with Crippen LogP contribution < -0.4 is 11.1 Å². The standard InChI is InChI=1S/C32H37NO4.C31H35NO5.C29H33NO4.C10H17NO4.C8H15NO4.C2H6.H2O3/c1-5-15-28(30(34)37-32(2,3)4)29(31(35)36-24-27-20-13-8-14-21-27)33(22-25-16-9-6-10-17-25)23-26-18-11-7-12-19-26;1-31(2,3)37-29(34)27(19-20-33)28(30(35)36-23-26-17-11-6-12-18-26)32(21-24-13-7-4-8-14-24)22-25-15-9-5-10-16-25;1-29(2,3)34-27(31)19-26(28(32)33-22-25-17-11-6-12-18-25)30(20-23-13-7-4-8-14-23)21-24-15-9-5-10-16-24;1-10(2,3)15-9(14)6-4-5-11-7(6)8(12)13;1-8(2,3)13-6(10)4-5(9)7(11)12;1-2;1-3-2/h5-14,16-21,28-29H,1,15,22-24H2,2-4H3;4-18,20,27-28H,19,21-23H2,1-3H3;4-18,26H,19-22H2,1-3H3;6-7,11H,4-5H2,1-3H3,(H,12,13);5H,4,9H2,1-3H3,(H,11,12);1-2H3;1-2H/t28?,29-;27-,28-;26-;6-,7-;5-;;/m00000../s1. The zero-order chi connectivity index (χ0) is 105. The number of esters is 8. The largest absolute Gasteiger partial charge is 0.480 e. The van der Waals surface area contributed by atoms with Crippen LogP contribution in [-0.2, 0) is 155 Å². The van der Waals surface area contributed by atoms with E-state index in [0.717, 1.165) is 50.1 Å². The molecule has 1 saturated heterocycles. The molecule has 141 heavy (non-hydrogen) atoms. The highest BCUT2D eigenvalue weighted by atomic mass is 17.4. The first-order valence-corrected chi connectivity index (χ1v) is 46.9. The first-order chi connectivity index (χ1) is 66.8. The van der Waals surface area contributed by atoms with Gasteiger partial charge >= 0.3 is 59.7 Å². The SMILES string of the molecule is C=CCC(C(=O)OC(C)(C)C)[C@@H](C(=O)OCc1ccccc1)N(Cc1ccccc1)Cc1ccccc1.CC.CC(C)(C)OC(=O)C[C@@H](C(=O)OCc1ccccc1)N(Cc1ccccc1)Cc1ccccc1.CC(C)(C)OC(=O)C[C@H](N)C(=O)O.CC(C)(C)OC(=O)[C@@H](CC=O)[C@@H](C(=O)OCc1ccccc1)N(Cc1ccccc1)Cc1ccccc1.CC(C)(C)OC(=O)[C@H]1CCN[C@@H]1C(=O)O.OOO. The molecule has 1 unspecified atom stereocenters. The number of hydrogen-bond acceptors (Lipinski definition) is 27. The van der Waals surface area contributed by atoms with Crippen LogP contribution in [0.4, 0.5) is 0 Å². The number of carboxylic acid groups (broad SMARTS) is 2. The average molecular weight is 1950 g/mol. The molecule has 762 valence electrons. The lowest BCUT2D eigenvalue weighted by molar-refractivity contribution is -0.465. The van der Waals surface area contributed by atoms with Gasteiger partial charge in [-0.25, -0.2) is 10.5 Å². The molecule has 1 aliphatic heterocycles. The van der Waals surface area contributed by atoms with Crippen LogP contribution in [0, 0.1) is 17.8 Å². The van der Waals surface area contributed by atoms with E-state index in [1.165, 1.54) is 0 Å². The number of nitrogens with zero attached hydrogens (tertiary/aromatic N) is 3. The van der Waals surface area contributed by atoms with E-state index in [4.69, 9.17) is 64.4 Å². The summed E-state index contributed by atoms with van der Waals surface area (Å²) in [4.78, 5) is 142. The average Bonchev–Trinajstić information content (AvgIpc) is 1.65. The molecule has 0 aliphatic carbocycles. The number of nitrogens with one attached hydrogen (secondary N) is 1. The van der Waals surface area contributed by atoms with E-state index in [2.05, 4.69) is 16.9 Å². The Balaban J connectivity index is 0.000000380. The van der Waals surface area contributed by atoms with Crippen LogP contribution in [0.1, 0.15) is 200 Å². The molecule has 1 fully saturated rings. The summed E-state index contributed by atoms with van der Waals surface area (Å²) in [6.07, 6.45) is 2.56. The molecular formula is C112H145N5O24. The Morgan fingerprint density at radius 2 is 0.631 bits per heavy atom. The molecule has 1 aliphatic rings. The lowest BCUT2D eigenvalue weighted by atomic mass is 9.93. The maximum Gasteiger partial charge on any atom is 0.324 e. The van der Waals surface area contributed by atoms with Crippen LogP contribution in [0.5, 0.6) is 0 Å². The first-order valence-electron chi connectivity index (χ1n) is 46.9. The van der Waals surface area contributed by atoms with Crippen LogP contribution >= 0.6 is 0 Å². The first kappa shape index (κ1) is 120. The Kier molecular flexibility index (Phi) is 53.4. The highest BCUT2D eigenvalue weighted by molar-refractivity contribution is 5.88. The molecule has 0 spiro atoms. The van der Waals surface area contributed by atoms with Crippen LogP contribution in [0.15, 0.2) is 286 Å². The summed E-state index contributed by atoms with van der Waals surface area (Å²) in [7, 11) is 0. The number of rotatable bonds is 39. The minimum atomic E-state index is -1.20. The topological polar surface area (TPSA) is 400 Å². The molecule has 9 aromatic rings. The van der Waals surface area contributed by atoms with Gasteiger partial charge in [0.25, 0.3) is 0 Å². The van der Waals surface area contributed by atoms with E-state index in [1.54, 1.807) is 68.4 Å². The molecule has 29 heteroatoms. The van der Waals surface area contributed by atoms with Crippen molar-refractivity contribution in [3.8, 4) is 0 Å². The monoisotopic (exact) mass is 1940 g/mol. The normalized spacial score (nSPS) is 14.0. The predicted octanol–water partition coefficient (Wildman–Crippen LogP) is 18.7. The zero-order valence-corrected chi connectivity index (χ0v) is 84.4. The third kappa shape index (κ3) is 49.9. The van der Waals surface area contributed by atoms with Crippen molar-refractivity contribution in [2.75, 3.05) is 6.54 Å². The molecule has 0 saturated carbocycles. The van der Waals surface area contributed by atoms with Gasteiger partial charge in [0.15, 0.2) is 0 Å². The number of hydrogen-bond donors (Lipinski definition) is 6. The molecule has 1 heterocycles. The quantitative estimate of drug-likeness (QED) is 0.00520. The second-order valence-corrected chi connectivity index (χ2v) is 37.8. The second kappa shape index (κ2) is 62.7. The molecule has 0 aromatic heterocycles. The molecule has 29 nitrogen and oxygen atoms in total. The summed E-state index contributed by atoms with van der Waals surface area (Å²) in [5.41, 5.74) is 10.5. The number of aliphatic carboxylic acids is 2. The summed E-state index contributed by atoms with van der Waals surface area (Å²) >= 11 is 0. The van der Waals surface area contributed by atoms with Crippen LogP contribution in [0.25, 0.3) is 0 Å². The van der Waals surface area contributed by atoms with Crippen molar-refractivity contribution in [2.45, 2.75) is 267 Å². The summed E-state index contributed by atoms with van der Waals surface area (Å²) in [5, 5.41) is 35.5. The van der Waals surface area contributed by atoms with Crippen molar-refractivity contribution in [3.63, 3.8) is 0 Å². The van der Waals surface area contributed by atoms with Crippen molar-refractivity contribution in [2.24, 2.45) is 23.5 Å². The smallest absolute Gasteiger partial charge is 0.324 e. The zero-order valence-electron chi connectivity index (χ0n) is 84.4. The second-order valence-electron chi connectivity index (χ2n) is 37.8. The number of ether oxygens (including phenoxy) is 8. The van der Waals surface area contributed by atoms with Crippen LogP contribution in [0.2, 0.25) is 0 Å².